The largest absolute Gasteiger partial charge is 1.00 e. The second kappa shape index (κ2) is 22.1. The van der Waals surface area contributed by atoms with E-state index in [1.54, 1.807) is 72.8 Å². The summed E-state index contributed by atoms with van der Waals surface area (Å²) in [5.41, 5.74) is 7.90. The van der Waals surface area contributed by atoms with Crippen LogP contribution in [0.2, 0.25) is 0 Å². The molecule has 18 nitrogen and oxygen atoms in total. The molecule has 23 heteroatoms. The maximum atomic E-state index is 12.4. The van der Waals surface area contributed by atoms with Crippen molar-refractivity contribution in [1.29, 1.82) is 0 Å². The van der Waals surface area contributed by atoms with Crippen molar-refractivity contribution >= 4 is 81.9 Å². The molecule has 0 aromatic heterocycles. The third-order valence-corrected chi connectivity index (χ3v) is 10.2. The van der Waals surface area contributed by atoms with Gasteiger partial charge in [0.05, 0.1) is 49.0 Å². The summed E-state index contributed by atoms with van der Waals surface area (Å²) in [5, 5.41) is 37.3. The number of rotatable bonds is 13. The average molecular weight is 930 g/mol. The molecule has 0 saturated heterocycles. The van der Waals surface area contributed by atoms with E-state index in [-0.39, 0.29) is 145 Å². The number of nitrogens with zero attached hydrogens (tertiary/aromatic N) is 6. The van der Waals surface area contributed by atoms with Gasteiger partial charge in [-0.1, -0.05) is 35.7 Å². The van der Waals surface area contributed by atoms with Gasteiger partial charge in [0.2, 0.25) is 0 Å². The van der Waals surface area contributed by atoms with Crippen LogP contribution in [-0.4, -0.2) is 52.4 Å². The normalized spacial score (nSPS) is 11.6. The summed E-state index contributed by atoms with van der Waals surface area (Å²) in [6.45, 7) is 0. The van der Waals surface area contributed by atoms with Crippen LogP contribution >= 0.6 is 0 Å². The Balaban J connectivity index is 0.00000299. The second-order valence-corrected chi connectivity index (χ2v) is 15.1. The summed E-state index contributed by atoms with van der Waals surface area (Å²) in [4.78, 5) is -0.803. The maximum absolute atomic E-state index is 12.4. The first kappa shape index (κ1) is 52.1. The van der Waals surface area contributed by atoms with Gasteiger partial charge < -0.3 is 38.3 Å². The van der Waals surface area contributed by atoms with Crippen molar-refractivity contribution in [3.05, 3.63) is 115 Å². The van der Waals surface area contributed by atoms with E-state index in [0.717, 1.165) is 6.07 Å². The number of benzene rings is 7. The van der Waals surface area contributed by atoms with Crippen LogP contribution in [0.3, 0.4) is 0 Å². The number of aromatic hydroxyl groups is 1. The van der Waals surface area contributed by atoms with Crippen molar-refractivity contribution in [2.75, 3.05) is 27.1 Å². The smallest absolute Gasteiger partial charge is 0.744 e. The van der Waals surface area contributed by atoms with Crippen molar-refractivity contribution in [3.63, 3.8) is 0 Å². The van der Waals surface area contributed by atoms with Gasteiger partial charge in [0.1, 0.15) is 44.4 Å². The molecule has 0 aliphatic heterocycles. The molecule has 0 saturated carbocycles. The first-order valence-electron chi connectivity index (χ1n) is 17.6. The monoisotopic (exact) mass is 929 g/mol. The fraction of sp³-hybridized carbons (Fsp3) is 0.0732. The van der Waals surface area contributed by atoms with E-state index >= 15 is 0 Å². The third kappa shape index (κ3) is 12.0. The SMILES string of the molecule is COc1cc(N=Nc2ccc3cc(S(=O)(=O)[O-])c(N=Nc4ccc(-c5ccc(N=Nc6c[c-]c7ccccc7c6OS(=O)(=O)[O-])c(OC)c5)cc4OC)c(O)c3c2)ccc1N.[Na+].[Na+].[Na+]. The van der Waals surface area contributed by atoms with Gasteiger partial charge in [-0.3, -0.25) is 0 Å². The first-order chi connectivity index (χ1) is 29.1. The van der Waals surface area contributed by atoms with Gasteiger partial charge in [0.15, 0.2) is 5.75 Å². The van der Waals surface area contributed by atoms with Crippen molar-refractivity contribution in [2.45, 2.75) is 4.90 Å². The minimum Gasteiger partial charge on any atom is -0.744 e. The first-order valence-corrected chi connectivity index (χ1v) is 20.3. The fourth-order valence-electron chi connectivity index (χ4n) is 6.07. The molecule has 3 N–H and O–H groups in total. The summed E-state index contributed by atoms with van der Waals surface area (Å²) >= 11 is 0. The standard InChI is InChI=1S/C41H32N7O11S2.3Na/c1-56-35-22-28(13-14-31(35)42)44-43-27-12-8-26-20-38(60(50,51)52)39(40(49)30(26)21-27)48-46-33-16-11-25(19-37(33)58-3)24-10-15-32(36(18-24)57-2)45-47-34-17-9-23-6-4-5-7-29(23)41(34)59-61(53,54)55;;;/h4-8,10-22,49H,42H2,1-3H3,(H,50,51,52)(H,53,54,55);;;/q-1;3*+1/p-2. The zero-order valence-electron chi connectivity index (χ0n) is 35.0. The van der Waals surface area contributed by atoms with Crippen LogP contribution in [0.25, 0.3) is 32.7 Å². The van der Waals surface area contributed by atoms with Crippen LogP contribution in [0.5, 0.6) is 28.7 Å². The summed E-state index contributed by atoms with van der Waals surface area (Å²) in [7, 11) is -6.06. The molecular weight excluding hydrogens is 900 g/mol. The van der Waals surface area contributed by atoms with Crippen LogP contribution in [0.1, 0.15) is 0 Å². The van der Waals surface area contributed by atoms with Gasteiger partial charge in [-0.15, -0.1) is 39.9 Å². The van der Waals surface area contributed by atoms with Crippen LogP contribution < -0.4 is 113 Å². The second-order valence-electron chi connectivity index (χ2n) is 12.8. The van der Waals surface area contributed by atoms with E-state index in [2.05, 4.69) is 36.8 Å². The molecular formula is C41H30N7Na3O11S2. The van der Waals surface area contributed by atoms with E-state index in [0.29, 0.717) is 33.6 Å². The summed E-state index contributed by atoms with van der Waals surface area (Å²) in [6, 6.07) is 30.9. The molecule has 0 heterocycles. The number of ether oxygens (including phenoxy) is 3. The molecule has 0 radical (unpaired) electrons. The molecule has 7 aromatic carbocycles. The molecule has 0 aliphatic carbocycles. The summed E-state index contributed by atoms with van der Waals surface area (Å²) < 4.78 is 92.9. The molecule has 0 aliphatic rings. The number of fused-ring (bicyclic) bond motifs is 2. The van der Waals surface area contributed by atoms with Crippen LogP contribution in [-0.2, 0) is 20.5 Å². The number of methoxy groups -OCH3 is 3. The zero-order chi connectivity index (χ0) is 43.5. The predicted molar refractivity (Wildman–Crippen MR) is 222 cm³/mol. The van der Waals surface area contributed by atoms with E-state index in [9.17, 15) is 31.0 Å². The van der Waals surface area contributed by atoms with Crippen molar-refractivity contribution in [2.24, 2.45) is 30.7 Å². The predicted octanol–water partition coefficient (Wildman–Crippen LogP) is 0.775. The number of azo groups is 3. The molecule has 0 spiro atoms. The quantitative estimate of drug-likeness (QED) is 0.0406. The zero-order valence-corrected chi connectivity index (χ0v) is 42.6. The van der Waals surface area contributed by atoms with Crippen LogP contribution in [0.15, 0.2) is 145 Å². The van der Waals surface area contributed by atoms with Gasteiger partial charge in [0.25, 0.3) is 10.4 Å². The van der Waals surface area contributed by atoms with Gasteiger partial charge in [-0.05, 0) is 71.1 Å². The molecule has 0 unspecified atom stereocenters. The molecule has 7 aromatic rings. The van der Waals surface area contributed by atoms with E-state index in [1.807, 2.05) is 0 Å². The number of hydrogen-bond donors (Lipinski definition) is 2. The van der Waals surface area contributed by atoms with Gasteiger partial charge in [-0.2, -0.15) is 20.5 Å². The van der Waals surface area contributed by atoms with Gasteiger partial charge >= 0.3 is 88.7 Å². The van der Waals surface area contributed by atoms with Crippen molar-refractivity contribution in [1.82, 2.24) is 0 Å². The third-order valence-electron chi connectivity index (χ3n) is 8.97. The number of nitrogens with two attached hydrogens (primary N) is 1. The van der Waals surface area contributed by atoms with Crippen LogP contribution in [0, 0.1) is 6.07 Å². The van der Waals surface area contributed by atoms with E-state index < -0.39 is 36.8 Å². The Morgan fingerprint density at radius 3 is 1.77 bits per heavy atom. The number of hydrogen-bond acceptors (Lipinski definition) is 18. The summed E-state index contributed by atoms with van der Waals surface area (Å²) in [5.74, 6) is -0.0910. The Morgan fingerprint density at radius 1 is 0.609 bits per heavy atom. The number of phenolic OH excluding ortho intramolecular Hbond substituents is 1. The number of anilines is 1. The van der Waals surface area contributed by atoms with Gasteiger partial charge in [0, 0.05) is 17.1 Å². The van der Waals surface area contributed by atoms with Crippen molar-refractivity contribution < 1.29 is 138 Å². The molecule has 0 fully saturated rings. The van der Waals surface area contributed by atoms with E-state index in [1.165, 1.54) is 51.7 Å². The minimum absolute atomic E-state index is 0. The number of phenols is 1. The Morgan fingerprint density at radius 2 is 1.17 bits per heavy atom. The van der Waals surface area contributed by atoms with Crippen molar-refractivity contribution in [3.8, 4) is 39.9 Å². The van der Waals surface area contributed by atoms with E-state index in [4.69, 9.17) is 24.1 Å². The van der Waals surface area contributed by atoms with Crippen LogP contribution in [0.4, 0.5) is 39.8 Å². The fourth-order valence-corrected chi connectivity index (χ4v) is 7.09. The molecule has 0 bridgehead atoms. The molecule has 64 heavy (non-hydrogen) atoms. The number of nitrogen functional groups attached to an aromatic ring is 1. The van der Waals surface area contributed by atoms with Gasteiger partial charge in [-0.25, -0.2) is 16.8 Å². The average Bonchev–Trinajstić information content (AvgIpc) is 3.24. The Labute approximate surface area is 433 Å². The Kier molecular flexibility index (Phi) is 18.0. The maximum Gasteiger partial charge on any atom is 1.00 e. The Hall–Kier alpha value is -4.52. The minimum atomic E-state index is -5.16. The molecule has 0 atom stereocenters. The molecule has 7 rings (SSSR count). The molecule has 0 amide bonds. The topological polar surface area (TPSA) is 272 Å². The Bertz CT molecular complexity index is 3200. The summed E-state index contributed by atoms with van der Waals surface area (Å²) in [6.07, 6.45) is 0. The molecule has 310 valence electrons.